The minimum absolute atomic E-state index is 0.192. The standard InChI is InChI=1S/C15H20BrNO2/c1-9-6-12(16)7-10(2)14(9)17-13-5-3-4-11(8-13)15(18)19/h6-7,11,13,17H,3-5,8H2,1-2H3,(H,18,19). The van der Waals surface area contributed by atoms with E-state index < -0.39 is 5.97 Å². The lowest BCUT2D eigenvalue weighted by molar-refractivity contribution is -0.142. The normalized spacial score (nSPS) is 23.1. The quantitative estimate of drug-likeness (QED) is 0.878. The first kappa shape index (κ1) is 14.4. The van der Waals surface area contributed by atoms with Crippen molar-refractivity contribution in [2.24, 2.45) is 5.92 Å². The molecule has 0 amide bonds. The van der Waals surface area contributed by atoms with E-state index in [1.54, 1.807) is 0 Å². The summed E-state index contributed by atoms with van der Waals surface area (Å²) in [4.78, 5) is 11.1. The van der Waals surface area contributed by atoms with Crippen LogP contribution >= 0.6 is 15.9 Å². The van der Waals surface area contributed by atoms with Crippen LogP contribution in [0.4, 0.5) is 5.69 Å². The van der Waals surface area contributed by atoms with Crippen LogP contribution in [0.15, 0.2) is 16.6 Å². The summed E-state index contributed by atoms with van der Waals surface area (Å²) < 4.78 is 1.08. The van der Waals surface area contributed by atoms with Crippen molar-refractivity contribution in [3.63, 3.8) is 0 Å². The maximum atomic E-state index is 11.1. The number of anilines is 1. The summed E-state index contributed by atoms with van der Waals surface area (Å²) in [7, 11) is 0. The van der Waals surface area contributed by atoms with Gasteiger partial charge in [0, 0.05) is 16.2 Å². The summed E-state index contributed by atoms with van der Waals surface area (Å²) in [5.41, 5.74) is 3.55. The topological polar surface area (TPSA) is 49.3 Å². The van der Waals surface area contributed by atoms with Gasteiger partial charge in [-0.25, -0.2) is 0 Å². The predicted octanol–water partition coefficient (Wildman–Crippen LogP) is 4.12. The van der Waals surface area contributed by atoms with Gasteiger partial charge < -0.3 is 10.4 Å². The second-order valence-corrected chi connectivity index (χ2v) is 6.37. The Morgan fingerprint density at radius 1 is 1.32 bits per heavy atom. The number of hydrogen-bond donors (Lipinski definition) is 2. The largest absolute Gasteiger partial charge is 0.481 e. The minimum Gasteiger partial charge on any atom is -0.481 e. The molecule has 2 unspecified atom stereocenters. The highest BCUT2D eigenvalue weighted by atomic mass is 79.9. The maximum absolute atomic E-state index is 11.1. The molecule has 0 heterocycles. The summed E-state index contributed by atoms with van der Waals surface area (Å²) in [6.07, 6.45) is 3.58. The first-order valence-electron chi connectivity index (χ1n) is 6.73. The molecule has 1 aliphatic rings. The molecule has 1 fully saturated rings. The van der Waals surface area contributed by atoms with E-state index in [0.29, 0.717) is 0 Å². The Hall–Kier alpha value is -1.03. The van der Waals surface area contributed by atoms with Gasteiger partial charge in [-0.1, -0.05) is 22.4 Å². The average Bonchev–Trinajstić information content (AvgIpc) is 2.34. The van der Waals surface area contributed by atoms with Crippen LogP contribution in [0.3, 0.4) is 0 Å². The van der Waals surface area contributed by atoms with Crippen molar-refractivity contribution in [2.45, 2.75) is 45.6 Å². The van der Waals surface area contributed by atoms with E-state index in [9.17, 15) is 4.79 Å². The Morgan fingerprint density at radius 3 is 2.53 bits per heavy atom. The number of halogens is 1. The molecule has 0 radical (unpaired) electrons. The molecule has 0 aliphatic heterocycles. The van der Waals surface area contributed by atoms with Crippen molar-refractivity contribution < 1.29 is 9.90 Å². The van der Waals surface area contributed by atoms with Gasteiger partial charge >= 0.3 is 5.97 Å². The molecule has 0 saturated heterocycles. The van der Waals surface area contributed by atoms with Gasteiger partial charge in [0.05, 0.1) is 5.92 Å². The van der Waals surface area contributed by atoms with Crippen molar-refractivity contribution in [1.29, 1.82) is 0 Å². The smallest absolute Gasteiger partial charge is 0.306 e. The van der Waals surface area contributed by atoms with Crippen molar-refractivity contribution in [2.75, 3.05) is 5.32 Å². The van der Waals surface area contributed by atoms with Gasteiger partial charge in [0.15, 0.2) is 0 Å². The molecule has 1 aromatic rings. The zero-order valence-corrected chi connectivity index (χ0v) is 13.0. The molecule has 2 N–H and O–H groups in total. The highest BCUT2D eigenvalue weighted by Crippen LogP contribution is 2.30. The van der Waals surface area contributed by atoms with Crippen LogP contribution in [0.1, 0.15) is 36.8 Å². The van der Waals surface area contributed by atoms with Gasteiger partial charge in [0.1, 0.15) is 0 Å². The number of rotatable bonds is 3. The number of benzene rings is 1. The minimum atomic E-state index is -0.657. The summed E-state index contributed by atoms with van der Waals surface area (Å²) >= 11 is 3.50. The highest BCUT2D eigenvalue weighted by molar-refractivity contribution is 9.10. The number of aliphatic carboxylic acids is 1. The summed E-state index contributed by atoms with van der Waals surface area (Å²) in [5, 5.41) is 12.7. The van der Waals surface area contributed by atoms with Crippen LogP contribution in [0.25, 0.3) is 0 Å². The molecular formula is C15H20BrNO2. The van der Waals surface area contributed by atoms with Crippen LogP contribution in [0.5, 0.6) is 0 Å². The first-order valence-corrected chi connectivity index (χ1v) is 7.52. The van der Waals surface area contributed by atoms with Gasteiger partial charge in [0.2, 0.25) is 0 Å². The van der Waals surface area contributed by atoms with Gasteiger partial charge in [-0.05, 0) is 56.4 Å². The van der Waals surface area contributed by atoms with Crippen LogP contribution in [0.2, 0.25) is 0 Å². The molecule has 0 spiro atoms. The van der Waals surface area contributed by atoms with Gasteiger partial charge in [-0.2, -0.15) is 0 Å². The Bertz CT molecular complexity index is 464. The second kappa shape index (κ2) is 5.95. The van der Waals surface area contributed by atoms with E-state index in [1.165, 1.54) is 11.1 Å². The van der Waals surface area contributed by atoms with Crippen LogP contribution in [0, 0.1) is 19.8 Å². The van der Waals surface area contributed by atoms with Crippen LogP contribution in [-0.4, -0.2) is 17.1 Å². The number of aryl methyl sites for hydroxylation is 2. The fourth-order valence-electron chi connectivity index (χ4n) is 2.89. The fourth-order valence-corrected chi connectivity index (χ4v) is 3.57. The van der Waals surface area contributed by atoms with Crippen molar-refractivity contribution >= 4 is 27.6 Å². The molecule has 2 rings (SSSR count). The zero-order chi connectivity index (χ0) is 14.0. The molecular weight excluding hydrogens is 306 g/mol. The van der Waals surface area contributed by atoms with E-state index in [0.717, 1.165) is 35.8 Å². The predicted molar refractivity (Wildman–Crippen MR) is 80.6 cm³/mol. The molecule has 104 valence electrons. The second-order valence-electron chi connectivity index (χ2n) is 5.46. The van der Waals surface area contributed by atoms with E-state index >= 15 is 0 Å². The Morgan fingerprint density at radius 2 is 1.95 bits per heavy atom. The van der Waals surface area contributed by atoms with E-state index in [4.69, 9.17) is 5.11 Å². The van der Waals surface area contributed by atoms with Crippen molar-refractivity contribution in [3.05, 3.63) is 27.7 Å². The van der Waals surface area contributed by atoms with Crippen molar-refractivity contribution in [3.8, 4) is 0 Å². The number of carboxylic acids is 1. The number of nitrogens with one attached hydrogen (secondary N) is 1. The van der Waals surface area contributed by atoms with Crippen molar-refractivity contribution in [1.82, 2.24) is 0 Å². The number of carboxylic acid groups (broad SMARTS) is 1. The highest BCUT2D eigenvalue weighted by Gasteiger charge is 2.27. The summed E-state index contributed by atoms with van der Waals surface area (Å²) in [6.45, 7) is 4.16. The Balaban J connectivity index is 2.11. The lowest BCUT2D eigenvalue weighted by atomic mass is 9.85. The number of carbonyl (C=O) groups is 1. The van der Waals surface area contributed by atoms with Crippen LogP contribution < -0.4 is 5.32 Å². The lowest BCUT2D eigenvalue weighted by Crippen LogP contribution is -2.31. The monoisotopic (exact) mass is 325 g/mol. The first-order chi connectivity index (χ1) is 8.97. The van der Waals surface area contributed by atoms with E-state index in [2.05, 4.69) is 47.2 Å². The Kier molecular flexibility index (Phi) is 4.50. The van der Waals surface area contributed by atoms with Gasteiger partial charge in [-0.15, -0.1) is 0 Å². The third-order valence-corrected chi connectivity index (χ3v) is 4.33. The fraction of sp³-hybridized carbons (Fsp3) is 0.533. The lowest BCUT2D eigenvalue weighted by Gasteiger charge is -2.29. The summed E-state index contributed by atoms with van der Waals surface area (Å²) in [6, 6.07) is 4.45. The number of hydrogen-bond acceptors (Lipinski definition) is 2. The molecule has 2 atom stereocenters. The average molecular weight is 326 g/mol. The molecule has 1 saturated carbocycles. The molecule has 3 nitrogen and oxygen atoms in total. The van der Waals surface area contributed by atoms with Gasteiger partial charge in [-0.3, -0.25) is 4.79 Å². The third-order valence-electron chi connectivity index (χ3n) is 3.87. The molecule has 0 bridgehead atoms. The molecule has 19 heavy (non-hydrogen) atoms. The Labute approximate surface area is 122 Å². The summed E-state index contributed by atoms with van der Waals surface area (Å²) in [5.74, 6) is -0.849. The molecule has 1 aromatic carbocycles. The maximum Gasteiger partial charge on any atom is 0.306 e. The SMILES string of the molecule is Cc1cc(Br)cc(C)c1NC1CCCC(C(=O)O)C1. The van der Waals surface area contributed by atoms with Gasteiger partial charge in [0.25, 0.3) is 0 Å². The van der Waals surface area contributed by atoms with E-state index in [1.807, 2.05) is 0 Å². The molecule has 4 heteroatoms. The zero-order valence-electron chi connectivity index (χ0n) is 11.4. The van der Waals surface area contributed by atoms with E-state index in [-0.39, 0.29) is 12.0 Å². The molecule has 1 aliphatic carbocycles. The third kappa shape index (κ3) is 3.50. The molecule has 0 aromatic heterocycles. The van der Waals surface area contributed by atoms with Crippen LogP contribution in [-0.2, 0) is 4.79 Å².